The van der Waals surface area contributed by atoms with Crippen molar-refractivity contribution in [1.29, 1.82) is 0 Å². The van der Waals surface area contributed by atoms with Crippen LogP contribution in [0.15, 0.2) is 72.6 Å². The van der Waals surface area contributed by atoms with E-state index in [1.54, 1.807) is 17.9 Å². The molecule has 0 aliphatic rings. The highest BCUT2D eigenvalue weighted by molar-refractivity contribution is 7.11. The zero-order chi connectivity index (χ0) is 17.9. The van der Waals surface area contributed by atoms with Crippen molar-refractivity contribution in [2.24, 2.45) is 0 Å². The van der Waals surface area contributed by atoms with E-state index in [2.05, 4.69) is 9.97 Å². The van der Waals surface area contributed by atoms with E-state index in [0.717, 1.165) is 17.3 Å². The first kappa shape index (κ1) is 16.2. The fraction of sp³-hybridized carbons (Fsp3) is 0. The number of aromatic nitrogens is 3. The van der Waals surface area contributed by atoms with E-state index in [4.69, 9.17) is 4.74 Å². The number of imidazole rings is 1. The van der Waals surface area contributed by atoms with Gasteiger partial charge in [0.25, 0.3) is 5.19 Å². The molecule has 5 nitrogen and oxygen atoms in total. The van der Waals surface area contributed by atoms with E-state index >= 15 is 0 Å². The SMILES string of the molecule is O=C(Oc1nc(-c2ccc(-n3ccnc3)cc2)cs1)c1cccc(F)c1. The number of benzene rings is 2. The molecule has 0 atom stereocenters. The molecule has 0 N–H and O–H groups in total. The van der Waals surface area contributed by atoms with Crippen molar-refractivity contribution in [3.63, 3.8) is 0 Å². The van der Waals surface area contributed by atoms with E-state index in [1.165, 1.54) is 29.5 Å². The molecular formula is C19H12FN3O2S. The monoisotopic (exact) mass is 365 g/mol. The van der Waals surface area contributed by atoms with Crippen LogP contribution in [0.1, 0.15) is 10.4 Å². The third-order valence-corrected chi connectivity index (χ3v) is 4.41. The summed E-state index contributed by atoms with van der Waals surface area (Å²) in [6, 6.07) is 13.1. The van der Waals surface area contributed by atoms with E-state index in [1.807, 2.05) is 35.0 Å². The Morgan fingerprint density at radius 2 is 2.00 bits per heavy atom. The van der Waals surface area contributed by atoms with Crippen LogP contribution in [0.2, 0.25) is 0 Å². The first-order valence-corrected chi connectivity index (χ1v) is 8.59. The van der Waals surface area contributed by atoms with Gasteiger partial charge in [-0.1, -0.05) is 29.5 Å². The second-order valence-corrected chi connectivity index (χ2v) is 6.24. The van der Waals surface area contributed by atoms with Gasteiger partial charge in [0.05, 0.1) is 17.6 Å². The Morgan fingerprint density at radius 3 is 2.73 bits per heavy atom. The highest BCUT2D eigenvalue weighted by Crippen LogP contribution is 2.27. The van der Waals surface area contributed by atoms with Crippen LogP contribution < -0.4 is 4.74 Å². The third-order valence-electron chi connectivity index (χ3n) is 3.69. The lowest BCUT2D eigenvalue weighted by atomic mass is 10.1. The average molecular weight is 365 g/mol. The maximum absolute atomic E-state index is 13.2. The lowest BCUT2D eigenvalue weighted by Gasteiger charge is -2.03. The Kier molecular flexibility index (Phi) is 4.28. The minimum Gasteiger partial charge on any atom is -0.394 e. The van der Waals surface area contributed by atoms with Gasteiger partial charge < -0.3 is 9.30 Å². The molecule has 0 aliphatic carbocycles. The predicted molar refractivity (Wildman–Crippen MR) is 96.0 cm³/mol. The number of carbonyl (C=O) groups excluding carboxylic acids is 1. The highest BCUT2D eigenvalue weighted by Gasteiger charge is 2.13. The molecule has 0 saturated carbocycles. The van der Waals surface area contributed by atoms with Crippen LogP contribution in [0.4, 0.5) is 4.39 Å². The van der Waals surface area contributed by atoms with Gasteiger partial charge >= 0.3 is 5.97 Å². The largest absolute Gasteiger partial charge is 0.394 e. The van der Waals surface area contributed by atoms with Crippen LogP contribution in [0.3, 0.4) is 0 Å². The average Bonchev–Trinajstić information content (AvgIpc) is 3.34. The summed E-state index contributed by atoms with van der Waals surface area (Å²) in [6.07, 6.45) is 5.30. The van der Waals surface area contributed by atoms with Crippen LogP contribution in [-0.4, -0.2) is 20.5 Å². The number of halogens is 1. The van der Waals surface area contributed by atoms with Crippen LogP contribution in [-0.2, 0) is 0 Å². The number of nitrogens with zero attached hydrogens (tertiary/aromatic N) is 3. The van der Waals surface area contributed by atoms with Crippen molar-refractivity contribution in [2.75, 3.05) is 0 Å². The molecule has 7 heteroatoms. The molecule has 0 saturated heterocycles. The Hall–Kier alpha value is -3.32. The number of hydrogen-bond donors (Lipinski definition) is 0. The number of thiazole rings is 1. The van der Waals surface area contributed by atoms with Gasteiger partial charge in [-0.05, 0) is 30.3 Å². The summed E-state index contributed by atoms with van der Waals surface area (Å²) in [4.78, 5) is 20.4. The van der Waals surface area contributed by atoms with Gasteiger partial charge in [-0.2, -0.15) is 0 Å². The Morgan fingerprint density at radius 1 is 1.15 bits per heavy atom. The van der Waals surface area contributed by atoms with Gasteiger partial charge in [0.1, 0.15) is 5.82 Å². The van der Waals surface area contributed by atoms with E-state index in [-0.39, 0.29) is 10.8 Å². The lowest BCUT2D eigenvalue weighted by Crippen LogP contribution is -2.08. The maximum Gasteiger partial charge on any atom is 0.345 e. The maximum atomic E-state index is 13.2. The summed E-state index contributed by atoms with van der Waals surface area (Å²) in [7, 11) is 0. The molecule has 0 aliphatic heterocycles. The van der Waals surface area contributed by atoms with Crippen LogP contribution in [0, 0.1) is 5.82 Å². The van der Waals surface area contributed by atoms with Crippen molar-refractivity contribution in [2.45, 2.75) is 0 Å². The fourth-order valence-corrected chi connectivity index (χ4v) is 3.08. The van der Waals surface area contributed by atoms with Gasteiger partial charge in [0, 0.05) is 29.0 Å². The molecule has 4 aromatic rings. The summed E-state index contributed by atoms with van der Waals surface area (Å²) in [5, 5.41) is 2.02. The van der Waals surface area contributed by atoms with E-state index < -0.39 is 11.8 Å². The fourth-order valence-electron chi connectivity index (χ4n) is 2.41. The van der Waals surface area contributed by atoms with Gasteiger partial charge in [0.2, 0.25) is 0 Å². The Bertz CT molecular complexity index is 1040. The minimum atomic E-state index is -0.638. The number of rotatable bonds is 4. The van der Waals surface area contributed by atoms with Crippen molar-refractivity contribution in [1.82, 2.24) is 14.5 Å². The molecule has 0 fully saturated rings. The van der Waals surface area contributed by atoms with Gasteiger partial charge in [-0.3, -0.25) is 0 Å². The van der Waals surface area contributed by atoms with Gasteiger partial charge in [0.15, 0.2) is 0 Å². The molecule has 0 unspecified atom stereocenters. The molecule has 4 rings (SSSR count). The van der Waals surface area contributed by atoms with Gasteiger partial charge in [-0.15, -0.1) is 0 Å². The molecule has 2 aromatic heterocycles. The summed E-state index contributed by atoms with van der Waals surface area (Å²) in [6.45, 7) is 0. The van der Waals surface area contributed by atoms with Crippen molar-refractivity contribution >= 4 is 17.3 Å². The summed E-state index contributed by atoms with van der Waals surface area (Å²) < 4.78 is 20.3. The van der Waals surface area contributed by atoms with Crippen LogP contribution in [0.5, 0.6) is 5.19 Å². The predicted octanol–water partition coefficient (Wildman–Crippen LogP) is 4.35. The molecule has 0 amide bonds. The second kappa shape index (κ2) is 6.89. The summed E-state index contributed by atoms with van der Waals surface area (Å²) >= 11 is 1.21. The zero-order valence-corrected chi connectivity index (χ0v) is 14.2. The van der Waals surface area contributed by atoms with Crippen molar-refractivity contribution < 1.29 is 13.9 Å². The molecule has 128 valence electrons. The Labute approximate surface area is 152 Å². The highest BCUT2D eigenvalue weighted by atomic mass is 32.1. The molecule has 0 spiro atoms. The van der Waals surface area contributed by atoms with Crippen LogP contribution >= 0.6 is 11.3 Å². The van der Waals surface area contributed by atoms with E-state index in [0.29, 0.717) is 5.69 Å². The first-order chi connectivity index (χ1) is 12.7. The number of carbonyl (C=O) groups is 1. The first-order valence-electron chi connectivity index (χ1n) is 7.71. The quantitative estimate of drug-likeness (QED) is 0.505. The number of hydrogen-bond acceptors (Lipinski definition) is 5. The lowest BCUT2D eigenvalue weighted by molar-refractivity contribution is 0.0734. The molecule has 0 radical (unpaired) electrons. The topological polar surface area (TPSA) is 57.0 Å². The zero-order valence-electron chi connectivity index (χ0n) is 13.4. The molecule has 2 heterocycles. The van der Waals surface area contributed by atoms with Crippen molar-refractivity contribution in [3.05, 3.63) is 84.0 Å². The third kappa shape index (κ3) is 3.38. The normalized spacial score (nSPS) is 10.7. The summed E-state index contributed by atoms with van der Waals surface area (Å²) in [5.41, 5.74) is 2.73. The van der Waals surface area contributed by atoms with Crippen LogP contribution in [0.25, 0.3) is 16.9 Å². The molecular weight excluding hydrogens is 353 g/mol. The van der Waals surface area contributed by atoms with E-state index in [9.17, 15) is 9.18 Å². The summed E-state index contributed by atoms with van der Waals surface area (Å²) in [5.74, 6) is -1.13. The molecule has 2 aromatic carbocycles. The number of esters is 1. The molecule has 26 heavy (non-hydrogen) atoms. The standard InChI is InChI=1S/C19H12FN3O2S/c20-15-3-1-2-14(10-15)18(24)25-19-22-17(11-26-19)13-4-6-16(7-5-13)23-9-8-21-12-23/h1-12H. The second-order valence-electron chi connectivity index (χ2n) is 5.42. The Balaban J connectivity index is 1.50. The van der Waals surface area contributed by atoms with Crippen molar-refractivity contribution in [3.8, 4) is 22.1 Å². The van der Waals surface area contributed by atoms with Gasteiger partial charge in [-0.25, -0.2) is 19.2 Å². The minimum absolute atomic E-state index is 0.145. The smallest absolute Gasteiger partial charge is 0.345 e. The number of ether oxygens (including phenoxy) is 1. The molecule has 0 bridgehead atoms.